The fourth-order valence-corrected chi connectivity index (χ4v) is 2.05. The van der Waals surface area contributed by atoms with Crippen LogP contribution < -0.4 is 5.32 Å². The van der Waals surface area contributed by atoms with Gasteiger partial charge in [-0.25, -0.2) is 0 Å². The molecule has 0 heterocycles. The van der Waals surface area contributed by atoms with E-state index in [9.17, 15) is 0 Å². The molecule has 0 saturated heterocycles. The Labute approximate surface area is 109 Å². The molecule has 0 bridgehead atoms. The van der Waals surface area contributed by atoms with Crippen LogP contribution in [0.1, 0.15) is 20.3 Å². The van der Waals surface area contributed by atoms with Crippen molar-refractivity contribution in [2.45, 2.75) is 20.3 Å². The van der Waals surface area contributed by atoms with Crippen molar-refractivity contribution in [3.05, 3.63) is 66.4 Å². The molecular weight excluding hydrogens is 218 g/mol. The summed E-state index contributed by atoms with van der Waals surface area (Å²) in [5, 5.41) is 6.02. The van der Waals surface area contributed by atoms with E-state index < -0.39 is 0 Å². The minimum Gasteiger partial charge on any atom is -0.355 e. The highest BCUT2D eigenvalue weighted by atomic mass is 14.9. The van der Waals surface area contributed by atoms with Crippen molar-refractivity contribution in [3.63, 3.8) is 0 Å². The Bertz CT molecular complexity index is 574. The van der Waals surface area contributed by atoms with Crippen LogP contribution in [0.15, 0.2) is 66.4 Å². The molecule has 1 heteroatoms. The summed E-state index contributed by atoms with van der Waals surface area (Å²) in [6, 6.07) is 14.8. The molecule has 0 aromatic heterocycles. The molecule has 1 N–H and O–H groups in total. The zero-order valence-corrected chi connectivity index (χ0v) is 11.0. The van der Waals surface area contributed by atoms with E-state index in [0.717, 1.165) is 17.8 Å². The summed E-state index contributed by atoms with van der Waals surface area (Å²) in [6.45, 7) is 4.18. The van der Waals surface area contributed by atoms with Gasteiger partial charge in [0.1, 0.15) is 0 Å². The lowest BCUT2D eigenvalue weighted by atomic mass is 10.1. The lowest BCUT2D eigenvalue weighted by Gasteiger charge is -2.10. The van der Waals surface area contributed by atoms with E-state index in [2.05, 4.69) is 72.9 Å². The van der Waals surface area contributed by atoms with Gasteiger partial charge in [0.05, 0.1) is 0 Å². The first kappa shape index (κ1) is 12.4. The SMILES string of the molecule is C/C=C\C(=C/CC)Nc1cccc2ccccc12. The maximum atomic E-state index is 3.50. The second-order valence-electron chi connectivity index (χ2n) is 4.22. The van der Waals surface area contributed by atoms with Crippen LogP contribution in [0, 0.1) is 0 Å². The molecule has 0 spiro atoms. The van der Waals surface area contributed by atoms with Crippen molar-refractivity contribution in [1.82, 2.24) is 0 Å². The van der Waals surface area contributed by atoms with Crippen molar-refractivity contribution in [1.29, 1.82) is 0 Å². The fourth-order valence-electron chi connectivity index (χ4n) is 2.05. The molecule has 0 aliphatic heterocycles. The van der Waals surface area contributed by atoms with Crippen LogP contribution in [-0.4, -0.2) is 0 Å². The molecule has 0 saturated carbocycles. The number of rotatable bonds is 4. The topological polar surface area (TPSA) is 12.0 Å². The van der Waals surface area contributed by atoms with E-state index in [1.54, 1.807) is 0 Å². The van der Waals surface area contributed by atoms with E-state index in [4.69, 9.17) is 0 Å². The standard InChI is InChI=1S/C17H19N/c1-3-8-15(9-4-2)18-17-13-7-11-14-10-5-6-12-16(14)17/h3,5-13,18H,4H2,1-2H3/b8-3-,15-9+. The van der Waals surface area contributed by atoms with Crippen molar-refractivity contribution >= 4 is 16.5 Å². The molecule has 0 amide bonds. The normalized spacial score (nSPS) is 12.2. The molecule has 0 radical (unpaired) electrons. The highest BCUT2D eigenvalue weighted by Crippen LogP contribution is 2.24. The third-order valence-corrected chi connectivity index (χ3v) is 2.84. The first-order valence-electron chi connectivity index (χ1n) is 6.42. The second-order valence-corrected chi connectivity index (χ2v) is 4.22. The predicted molar refractivity (Wildman–Crippen MR) is 80.8 cm³/mol. The third-order valence-electron chi connectivity index (χ3n) is 2.84. The maximum absolute atomic E-state index is 3.50. The van der Waals surface area contributed by atoms with Gasteiger partial charge in [0.15, 0.2) is 0 Å². The maximum Gasteiger partial charge on any atom is 0.0463 e. The van der Waals surface area contributed by atoms with Crippen LogP contribution in [0.2, 0.25) is 0 Å². The van der Waals surface area contributed by atoms with Crippen LogP contribution in [-0.2, 0) is 0 Å². The molecule has 92 valence electrons. The van der Waals surface area contributed by atoms with E-state index >= 15 is 0 Å². The molecule has 2 rings (SSSR count). The van der Waals surface area contributed by atoms with Gasteiger partial charge in [-0.3, -0.25) is 0 Å². The number of hydrogen-bond donors (Lipinski definition) is 1. The third kappa shape index (κ3) is 2.80. The first-order chi connectivity index (χ1) is 8.85. The average molecular weight is 237 g/mol. The zero-order chi connectivity index (χ0) is 12.8. The summed E-state index contributed by atoms with van der Waals surface area (Å²) in [6.07, 6.45) is 7.38. The van der Waals surface area contributed by atoms with E-state index in [0.29, 0.717) is 0 Å². The van der Waals surface area contributed by atoms with Crippen LogP contribution in [0.25, 0.3) is 10.8 Å². The fraction of sp³-hybridized carbons (Fsp3) is 0.176. The molecule has 1 nitrogen and oxygen atoms in total. The average Bonchev–Trinajstić information content (AvgIpc) is 2.40. The predicted octanol–water partition coefficient (Wildman–Crippen LogP) is 5.12. The summed E-state index contributed by atoms with van der Waals surface area (Å²) < 4.78 is 0. The molecule has 0 aliphatic carbocycles. The van der Waals surface area contributed by atoms with Gasteiger partial charge in [0.2, 0.25) is 0 Å². The van der Waals surface area contributed by atoms with Crippen molar-refractivity contribution in [2.75, 3.05) is 5.32 Å². The number of nitrogens with one attached hydrogen (secondary N) is 1. The molecule has 0 unspecified atom stereocenters. The Morgan fingerprint density at radius 3 is 2.67 bits per heavy atom. The van der Waals surface area contributed by atoms with Crippen LogP contribution >= 0.6 is 0 Å². The number of hydrogen-bond acceptors (Lipinski definition) is 1. The van der Waals surface area contributed by atoms with Gasteiger partial charge in [0, 0.05) is 16.8 Å². The summed E-state index contributed by atoms with van der Waals surface area (Å²) in [5.41, 5.74) is 2.31. The summed E-state index contributed by atoms with van der Waals surface area (Å²) in [7, 11) is 0. The Kier molecular flexibility index (Phi) is 4.19. The molecule has 2 aromatic carbocycles. The number of benzene rings is 2. The van der Waals surface area contributed by atoms with E-state index in [-0.39, 0.29) is 0 Å². The number of fused-ring (bicyclic) bond motifs is 1. The highest BCUT2D eigenvalue weighted by Gasteiger charge is 2.00. The first-order valence-corrected chi connectivity index (χ1v) is 6.42. The molecular formula is C17H19N. The summed E-state index contributed by atoms with van der Waals surface area (Å²) >= 11 is 0. The Hall–Kier alpha value is -2.02. The van der Waals surface area contributed by atoms with Crippen LogP contribution in [0.5, 0.6) is 0 Å². The minimum absolute atomic E-state index is 1.03. The minimum atomic E-state index is 1.03. The molecule has 0 atom stereocenters. The van der Waals surface area contributed by atoms with Gasteiger partial charge >= 0.3 is 0 Å². The number of anilines is 1. The smallest absolute Gasteiger partial charge is 0.0463 e. The lowest BCUT2D eigenvalue weighted by molar-refractivity contribution is 1.20. The Morgan fingerprint density at radius 2 is 1.89 bits per heavy atom. The van der Waals surface area contributed by atoms with Crippen molar-refractivity contribution < 1.29 is 0 Å². The molecule has 0 aliphatic rings. The quantitative estimate of drug-likeness (QED) is 0.727. The molecule has 18 heavy (non-hydrogen) atoms. The van der Waals surface area contributed by atoms with Gasteiger partial charge in [-0.05, 0) is 30.9 Å². The van der Waals surface area contributed by atoms with Gasteiger partial charge in [0.25, 0.3) is 0 Å². The van der Waals surface area contributed by atoms with Crippen molar-refractivity contribution in [2.24, 2.45) is 0 Å². The number of allylic oxidation sites excluding steroid dienone is 3. The zero-order valence-electron chi connectivity index (χ0n) is 11.0. The molecule has 0 fully saturated rings. The largest absolute Gasteiger partial charge is 0.355 e. The van der Waals surface area contributed by atoms with E-state index in [1.807, 2.05) is 6.92 Å². The van der Waals surface area contributed by atoms with Crippen molar-refractivity contribution in [3.8, 4) is 0 Å². The summed E-state index contributed by atoms with van der Waals surface area (Å²) in [5.74, 6) is 0. The molecule has 2 aromatic rings. The summed E-state index contributed by atoms with van der Waals surface area (Å²) in [4.78, 5) is 0. The van der Waals surface area contributed by atoms with Crippen LogP contribution in [0.4, 0.5) is 5.69 Å². The van der Waals surface area contributed by atoms with E-state index in [1.165, 1.54) is 10.8 Å². The van der Waals surface area contributed by atoms with Gasteiger partial charge in [-0.1, -0.05) is 55.5 Å². The van der Waals surface area contributed by atoms with Gasteiger partial charge in [-0.15, -0.1) is 0 Å². The Morgan fingerprint density at radius 1 is 1.11 bits per heavy atom. The highest BCUT2D eigenvalue weighted by molar-refractivity contribution is 5.94. The lowest BCUT2D eigenvalue weighted by Crippen LogP contribution is -1.97. The monoisotopic (exact) mass is 237 g/mol. The Balaban J connectivity index is 2.39. The second kappa shape index (κ2) is 6.06. The van der Waals surface area contributed by atoms with Gasteiger partial charge < -0.3 is 5.32 Å². The van der Waals surface area contributed by atoms with Crippen LogP contribution in [0.3, 0.4) is 0 Å². The van der Waals surface area contributed by atoms with Gasteiger partial charge in [-0.2, -0.15) is 0 Å².